The number of halogens is 1. The van der Waals surface area contributed by atoms with Crippen molar-refractivity contribution >= 4 is 5.69 Å². The van der Waals surface area contributed by atoms with E-state index in [0.717, 1.165) is 5.69 Å². The molecule has 0 aliphatic carbocycles. The van der Waals surface area contributed by atoms with Crippen LogP contribution >= 0.6 is 0 Å². The van der Waals surface area contributed by atoms with E-state index >= 15 is 0 Å². The van der Waals surface area contributed by atoms with Crippen LogP contribution in [0.5, 0.6) is 0 Å². The Morgan fingerprint density at radius 3 is 2.93 bits per heavy atom. The van der Waals surface area contributed by atoms with Crippen LogP contribution in [0.25, 0.3) is 5.69 Å². The fourth-order valence-corrected chi connectivity index (χ4v) is 1.24. The van der Waals surface area contributed by atoms with Crippen LogP contribution in [0, 0.1) is 5.82 Å². The minimum Gasteiger partial charge on any atom is -0.386 e. The molecule has 0 spiro atoms. The van der Waals surface area contributed by atoms with Crippen molar-refractivity contribution in [3.05, 3.63) is 36.4 Å². The van der Waals surface area contributed by atoms with Gasteiger partial charge in [-0.2, -0.15) is 0 Å². The lowest BCUT2D eigenvalue weighted by Gasteiger charge is -2.07. The molecule has 0 aliphatic heterocycles. The first-order chi connectivity index (χ1) is 6.81. The Morgan fingerprint density at radius 1 is 1.43 bits per heavy atom. The molecule has 1 N–H and O–H groups in total. The second-order valence-corrected chi connectivity index (χ2v) is 2.76. The first-order valence-electron chi connectivity index (χ1n) is 4.15. The minimum absolute atomic E-state index is 0.297. The highest BCUT2D eigenvalue weighted by Crippen LogP contribution is 2.19. The normalized spacial score (nSPS) is 10.1. The van der Waals surface area contributed by atoms with Gasteiger partial charge in [-0.05, 0) is 12.1 Å². The van der Waals surface area contributed by atoms with Gasteiger partial charge in [0.1, 0.15) is 5.82 Å². The topological polar surface area (TPSA) is 42.7 Å². The average molecular weight is 192 g/mol. The van der Waals surface area contributed by atoms with Gasteiger partial charge in [-0.15, -0.1) is 5.10 Å². The Bertz CT molecular complexity index is 424. The van der Waals surface area contributed by atoms with Gasteiger partial charge < -0.3 is 5.32 Å². The van der Waals surface area contributed by atoms with Crippen molar-refractivity contribution in [2.24, 2.45) is 0 Å². The van der Waals surface area contributed by atoms with Crippen molar-refractivity contribution in [1.82, 2.24) is 15.0 Å². The van der Waals surface area contributed by atoms with E-state index in [0.29, 0.717) is 5.69 Å². The van der Waals surface area contributed by atoms with Gasteiger partial charge in [-0.1, -0.05) is 5.21 Å². The van der Waals surface area contributed by atoms with Crippen molar-refractivity contribution < 1.29 is 4.39 Å². The van der Waals surface area contributed by atoms with E-state index in [1.165, 1.54) is 16.8 Å². The van der Waals surface area contributed by atoms with Gasteiger partial charge in [0, 0.05) is 13.1 Å². The first-order valence-corrected chi connectivity index (χ1v) is 4.15. The lowest BCUT2D eigenvalue weighted by atomic mass is 10.2. The number of rotatable bonds is 2. The molecule has 0 amide bonds. The number of aromatic nitrogens is 3. The molecule has 0 fully saturated rings. The van der Waals surface area contributed by atoms with Gasteiger partial charge in [0.15, 0.2) is 0 Å². The minimum atomic E-state index is -0.297. The second kappa shape index (κ2) is 3.45. The Morgan fingerprint density at radius 2 is 2.29 bits per heavy atom. The molecule has 0 unspecified atom stereocenters. The summed E-state index contributed by atoms with van der Waals surface area (Å²) in [5.74, 6) is -0.297. The summed E-state index contributed by atoms with van der Waals surface area (Å²) in [7, 11) is 1.77. The van der Waals surface area contributed by atoms with Crippen LogP contribution in [-0.2, 0) is 0 Å². The smallest absolute Gasteiger partial charge is 0.125 e. The molecule has 1 heterocycles. The summed E-state index contributed by atoms with van der Waals surface area (Å²) in [5.41, 5.74) is 1.45. The van der Waals surface area contributed by atoms with E-state index < -0.39 is 0 Å². The molecule has 14 heavy (non-hydrogen) atoms. The number of nitrogens with one attached hydrogen (secondary N) is 1. The third-order valence-corrected chi connectivity index (χ3v) is 1.90. The number of anilines is 1. The predicted octanol–water partition coefficient (Wildman–Crippen LogP) is 1.45. The molecule has 0 aliphatic rings. The monoisotopic (exact) mass is 192 g/mol. The fourth-order valence-electron chi connectivity index (χ4n) is 1.24. The molecular formula is C9H9FN4. The summed E-state index contributed by atoms with van der Waals surface area (Å²) < 4.78 is 14.5. The number of nitrogens with zero attached hydrogens (tertiary/aromatic N) is 3. The SMILES string of the molecule is CNc1ccc(F)cc1-n1ccnn1. The molecule has 0 atom stereocenters. The van der Waals surface area contributed by atoms with Crippen LogP contribution in [0.3, 0.4) is 0 Å². The maximum atomic E-state index is 13.0. The standard InChI is InChI=1S/C9H9FN4/c1-11-8-3-2-7(10)6-9(8)14-5-4-12-13-14/h2-6,11H,1H3. The van der Waals surface area contributed by atoms with Crippen molar-refractivity contribution in [3.63, 3.8) is 0 Å². The molecule has 5 heteroatoms. The van der Waals surface area contributed by atoms with Gasteiger partial charge in [0.2, 0.25) is 0 Å². The van der Waals surface area contributed by atoms with E-state index in [-0.39, 0.29) is 5.82 Å². The number of hydrogen-bond acceptors (Lipinski definition) is 3. The van der Waals surface area contributed by atoms with Gasteiger partial charge in [0.25, 0.3) is 0 Å². The summed E-state index contributed by atoms with van der Waals surface area (Å²) in [4.78, 5) is 0. The third-order valence-electron chi connectivity index (χ3n) is 1.90. The summed E-state index contributed by atoms with van der Waals surface area (Å²) in [5, 5.41) is 10.4. The molecule has 2 rings (SSSR count). The highest BCUT2D eigenvalue weighted by atomic mass is 19.1. The summed E-state index contributed by atoms with van der Waals surface area (Å²) in [6, 6.07) is 4.46. The molecular weight excluding hydrogens is 183 g/mol. The lowest BCUT2D eigenvalue weighted by Crippen LogP contribution is -2.01. The molecule has 0 bridgehead atoms. The number of benzene rings is 1. The molecule has 1 aromatic carbocycles. The van der Waals surface area contributed by atoms with Crippen molar-refractivity contribution in [2.75, 3.05) is 12.4 Å². The van der Waals surface area contributed by atoms with E-state index in [2.05, 4.69) is 15.6 Å². The molecule has 72 valence electrons. The van der Waals surface area contributed by atoms with Crippen LogP contribution in [0.15, 0.2) is 30.6 Å². The molecule has 0 saturated carbocycles. The molecule has 1 aromatic heterocycles. The Balaban J connectivity index is 2.55. The molecule has 0 radical (unpaired) electrons. The van der Waals surface area contributed by atoms with Crippen LogP contribution in [-0.4, -0.2) is 22.0 Å². The average Bonchev–Trinajstić information content (AvgIpc) is 2.70. The van der Waals surface area contributed by atoms with Crippen molar-refractivity contribution in [3.8, 4) is 5.69 Å². The Hall–Kier alpha value is -1.91. The van der Waals surface area contributed by atoms with Crippen LogP contribution < -0.4 is 5.32 Å². The quantitative estimate of drug-likeness (QED) is 0.783. The summed E-state index contributed by atoms with van der Waals surface area (Å²) in [6.07, 6.45) is 3.21. The van der Waals surface area contributed by atoms with Gasteiger partial charge in [-0.25, -0.2) is 9.07 Å². The maximum Gasteiger partial charge on any atom is 0.125 e. The lowest BCUT2D eigenvalue weighted by molar-refractivity contribution is 0.625. The summed E-state index contributed by atoms with van der Waals surface area (Å²) >= 11 is 0. The van der Waals surface area contributed by atoms with E-state index in [1.807, 2.05) is 0 Å². The zero-order valence-electron chi connectivity index (χ0n) is 7.61. The van der Waals surface area contributed by atoms with E-state index in [4.69, 9.17) is 0 Å². The van der Waals surface area contributed by atoms with Gasteiger partial charge in [0.05, 0.1) is 23.8 Å². The molecule has 2 aromatic rings. The molecule has 0 saturated heterocycles. The van der Waals surface area contributed by atoms with Crippen LogP contribution in [0.1, 0.15) is 0 Å². The van der Waals surface area contributed by atoms with E-state index in [1.54, 1.807) is 25.5 Å². The summed E-state index contributed by atoms with van der Waals surface area (Å²) in [6.45, 7) is 0. The van der Waals surface area contributed by atoms with Gasteiger partial charge in [-0.3, -0.25) is 0 Å². The van der Waals surface area contributed by atoms with E-state index in [9.17, 15) is 4.39 Å². The second-order valence-electron chi connectivity index (χ2n) is 2.76. The fraction of sp³-hybridized carbons (Fsp3) is 0.111. The molecule has 4 nitrogen and oxygen atoms in total. The van der Waals surface area contributed by atoms with Crippen LogP contribution in [0.2, 0.25) is 0 Å². The zero-order valence-corrected chi connectivity index (χ0v) is 7.61. The third kappa shape index (κ3) is 1.44. The van der Waals surface area contributed by atoms with Gasteiger partial charge >= 0.3 is 0 Å². The van der Waals surface area contributed by atoms with Crippen molar-refractivity contribution in [2.45, 2.75) is 0 Å². The highest BCUT2D eigenvalue weighted by molar-refractivity contribution is 5.60. The zero-order chi connectivity index (χ0) is 9.97. The van der Waals surface area contributed by atoms with Crippen LogP contribution in [0.4, 0.5) is 10.1 Å². The largest absolute Gasteiger partial charge is 0.386 e. The predicted molar refractivity (Wildman–Crippen MR) is 50.9 cm³/mol. The maximum absolute atomic E-state index is 13.0. The first kappa shape index (κ1) is 8.68. The Labute approximate surface area is 80.4 Å². The van der Waals surface area contributed by atoms with Crippen molar-refractivity contribution in [1.29, 1.82) is 0 Å². The number of hydrogen-bond donors (Lipinski definition) is 1. The highest BCUT2D eigenvalue weighted by Gasteiger charge is 2.04. The Kier molecular flexibility index (Phi) is 2.14.